The summed E-state index contributed by atoms with van der Waals surface area (Å²) in [6, 6.07) is 0. The summed E-state index contributed by atoms with van der Waals surface area (Å²) in [6.45, 7) is 7.47. The van der Waals surface area contributed by atoms with Crippen LogP contribution in [0.4, 0.5) is 0 Å². The lowest BCUT2D eigenvalue weighted by Crippen LogP contribution is -2.53. The Bertz CT molecular complexity index is 538. The van der Waals surface area contributed by atoms with Crippen LogP contribution in [0.1, 0.15) is 58.3 Å². The monoisotopic (exact) mass is 348 g/mol. The van der Waals surface area contributed by atoms with E-state index in [1.54, 1.807) is 6.08 Å². The Kier molecular flexibility index (Phi) is 4.58. The van der Waals surface area contributed by atoms with Crippen LogP contribution in [-0.4, -0.2) is 36.0 Å². The summed E-state index contributed by atoms with van der Waals surface area (Å²) in [4.78, 5) is 12.6. The Balaban J connectivity index is 1.53. The smallest absolute Gasteiger partial charge is 0.174 e. The first kappa shape index (κ1) is 17.7. The molecule has 3 saturated carbocycles. The maximum atomic E-state index is 12.6. The van der Waals surface area contributed by atoms with Crippen LogP contribution in [0.2, 0.25) is 0 Å². The van der Waals surface area contributed by atoms with Gasteiger partial charge in [0.15, 0.2) is 5.79 Å². The minimum absolute atomic E-state index is 0.0935. The van der Waals surface area contributed by atoms with Crippen LogP contribution in [0.25, 0.3) is 0 Å². The normalized spacial score (nSPS) is 43.7. The molecule has 1 aliphatic heterocycles. The van der Waals surface area contributed by atoms with Gasteiger partial charge in [0.25, 0.3) is 0 Å². The fourth-order valence-electron chi connectivity index (χ4n) is 6.69. The molecule has 4 aliphatic rings. The quantitative estimate of drug-likeness (QED) is 0.790. The van der Waals surface area contributed by atoms with Crippen LogP contribution in [0.15, 0.2) is 12.7 Å². The van der Waals surface area contributed by atoms with Crippen molar-refractivity contribution in [1.29, 1.82) is 0 Å². The first-order chi connectivity index (χ1) is 12.0. The molecular formula is C21H32O4. The minimum Gasteiger partial charge on any atom is -0.389 e. The zero-order valence-electron chi connectivity index (χ0n) is 15.4. The number of carbonyl (C=O) groups excluding carboxylic acids is 1. The number of carbonyl (C=O) groups is 1. The topological polar surface area (TPSA) is 55.8 Å². The van der Waals surface area contributed by atoms with Gasteiger partial charge in [-0.15, -0.1) is 6.58 Å². The highest BCUT2D eigenvalue weighted by atomic mass is 16.7. The third kappa shape index (κ3) is 2.64. The highest BCUT2D eigenvalue weighted by Crippen LogP contribution is 2.65. The summed E-state index contributed by atoms with van der Waals surface area (Å²) in [6.07, 6.45) is 8.63. The molecule has 0 bridgehead atoms. The summed E-state index contributed by atoms with van der Waals surface area (Å²) in [5.41, 5.74) is 0.0935. The number of hydrogen-bond donors (Lipinski definition) is 1. The van der Waals surface area contributed by atoms with Gasteiger partial charge in [0.05, 0.1) is 19.3 Å². The summed E-state index contributed by atoms with van der Waals surface area (Å²) < 4.78 is 12.3. The number of rotatable bonds is 4. The summed E-state index contributed by atoms with van der Waals surface area (Å²) in [5, 5.41) is 9.84. The standard InChI is InChI=1S/C21H32O4/c1-3-14(22)4-5-17-15-8-10-20(2)18(16(15)6-7-19(17)23)9-11-21(20)24-12-13-25-21/h3,14-18,22H,1,4-13H2,2H3/t14?,15?,16?,17?,18?,20-/m1/s1. The molecule has 0 amide bonds. The van der Waals surface area contributed by atoms with Gasteiger partial charge in [-0.3, -0.25) is 4.79 Å². The van der Waals surface area contributed by atoms with E-state index in [2.05, 4.69) is 13.5 Å². The molecule has 25 heavy (non-hydrogen) atoms. The van der Waals surface area contributed by atoms with E-state index in [4.69, 9.17) is 9.47 Å². The van der Waals surface area contributed by atoms with Crippen LogP contribution < -0.4 is 0 Å². The van der Waals surface area contributed by atoms with Gasteiger partial charge < -0.3 is 14.6 Å². The molecular weight excluding hydrogens is 316 g/mol. The molecule has 0 radical (unpaired) electrons. The van der Waals surface area contributed by atoms with Crippen molar-refractivity contribution >= 4 is 5.78 Å². The second kappa shape index (κ2) is 6.47. The SMILES string of the molecule is C=CC(O)CCC1C(=O)CCC2C1CC[C@]1(C)C2CCC12OCCO2. The Morgan fingerprint density at radius 1 is 1.24 bits per heavy atom. The van der Waals surface area contributed by atoms with E-state index < -0.39 is 6.10 Å². The van der Waals surface area contributed by atoms with Crippen molar-refractivity contribution in [3.8, 4) is 0 Å². The highest BCUT2D eigenvalue weighted by molar-refractivity contribution is 5.82. The summed E-state index contributed by atoms with van der Waals surface area (Å²) >= 11 is 0. The van der Waals surface area contributed by atoms with Crippen LogP contribution in [0, 0.1) is 29.1 Å². The van der Waals surface area contributed by atoms with Gasteiger partial charge in [0.2, 0.25) is 0 Å². The molecule has 3 aliphatic carbocycles. The predicted octanol–water partition coefficient (Wildman–Crippen LogP) is 3.48. The minimum atomic E-state index is -0.489. The van der Waals surface area contributed by atoms with E-state index in [9.17, 15) is 9.90 Å². The average Bonchev–Trinajstić information content (AvgIpc) is 3.20. The van der Waals surface area contributed by atoms with E-state index >= 15 is 0 Å². The number of aliphatic hydroxyl groups excluding tert-OH is 1. The van der Waals surface area contributed by atoms with Crippen molar-refractivity contribution in [3.05, 3.63) is 12.7 Å². The molecule has 4 heteroatoms. The second-order valence-electron chi connectivity index (χ2n) is 8.87. The van der Waals surface area contributed by atoms with Crippen LogP contribution in [0.3, 0.4) is 0 Å². The van der Waals surface area contributed by atoms with Crippen molar-refractivity contribution in [2.24, 2.45) is 29.1 Å². The van der Waals surface area contributed by atoms with Crippen LogP contribution in [-0.2, 0) is 14.3 Å². The second-order valence-corrected chi connectivity index (χ2v) is 8.87. The fraction of sp³-hybridized carbons (Fsp3) is 0.857. The summed E-state index contributed by atoms with van der Waals surface area (Å²) in [7, 11) is 0. The van der Waals surface area contributed by atoms with Gasteiger partial charge in [-0.05, 0) is 56.3 Å². The molecule has 1 N–H and O–H groups in total. The Labute approximate surface area is 151 Å². The zero-order chi connectivity index (χ0) is 17.7. The summed E-state index contributed by atoms with van der Waals surface area (Å²) in [5.74, 6) is 1.87. The number of ketones is 1. The van der Waals surface area contributed by atoms with Gasteiger partial charge >= 0.3 is 0 Å². The van der Waals surface area contributed by atoms with E-state index in [0.29, 0.717) is 36.4 Å². The van der Waals surface area contributed by atoms with Crippen molar-refractivity contribution < 1.29 is 19.4 Å². The lowest BCUT2D eigenvalue weighted by molar-refractivity contribution is -0.241. The maximum absolute atomic E-state index is 12.6. The number of ether oxygens (including phenoxy) is 2. The van der Waals surface area contributed by atoms with Crippen LogP contribution >= 0.6 is 0 Å². The molecule has 0 aromatic rings. The molecule has 140 valence electrons. The predicted molar refractivity (Wildman–Crippen MR) is 94.8 cm³/mol. The third-order valence-electron chi connectivity index (χ3n) is 7.99. The highest BCUT2D eigenvalue weighted by Gasteiger charge is 2.65. The molecule has 4 nitrogen and oxygen atoms in total. The van der Waals surface area contributed by atoms with Crippen molar-refractivity contribution in [2.45, 2.75) is 70.2 Å². The molecule has 1 saturated heterocycles. The molecule has 4 fully saturated rings. The molecule has 5 unspecified atom stereocenters. The Morgan fingerprint density at radius 2 is 2.00 bits per heavy atom. The molecule has 1 spiro atoms. The lowest BCUT2D eigenvalue weighted by Gasteiger charge is -2.54. The van der Waals surface area contributed by atoms with E-state index in [1.165, 1.54) is 0 Å². The van der Waals surface area contributed by atoms with Crippen LogP contribution in [0.5, 0.6) is 0 Å². The van der Waals surface area contributed by atoms with Crippen molar-refractivity contribution in [3.63, 3.8) is 0 Å². The molecule has 1 heterocycles. The number of hydrogen-bond acceptors (Lipinski definition) is 4. The first-order valence-electron chi connectivity index (χ1n) is 10.1. The van der Waals surface area contributed by atoms with Gasteiger partial charge in [-0.1, -0.05) is 13.0 Å². The maximum Gasteiger partial charge on any atom is 0.174 e. The number of aliphatic hydroxyl groups is 1. The molecule has 6 atom stereocenters. The van der Waals surface area contributed by atoms with E-state index in [-0.39, 0.29) is 17.1 Å². The lowest BCUT2D eigenvalue weighted by atomic mass is 9.53. The van der Waals surface area contributed by atoms with Crippen molar-refractivity contribution in [2.75, 3.05) is 13.2 Å². The first-order valence-corrected chi connectivity index (χ1v) is 10.1. The third-order valence-corrected chi connectivity index (χ3v) is 7.99. The Morgan fingerprint density at radius 3 is 2.72 bits per heavy atom. The van der Waals surface area contributed by atoms with Gasteiger partial charge in [0.1, 0.15) is 5.78 Å². The van der Waals surface area contributed by atoms with E-state index in [1.807, 2.05) is 0 Å². The molecule has 0 aromatic heterocycles. The molecule has 4 rings (SSSR count). The fourth-order valence-corrected chi connectivity index (χ4v) is 6.69. The molecule has 0 aromatic carbocycles. The van der Waals surface area contributed by atoms with Gasteiger partial charge in [0, 0.05) is 24.2 Å². The number of Topliss-reactive ketones (excluding diaryl/α,β-unsaturated/α-hetero) is 1. The average molecular weight is 348 g/mol. The zero-order valence-corrected chi connectivity index (χ0v) is 15.4. The van der Waals surface area contributed by atoms with E-state index in [0.717, 1.165) is 51.7 Å². The largest absolute Gasteiger partial charge is 0.389 e. The van der Waals surface area contributed by atoms with Gasteiger partial charge in [-0.25, -0.2) is 0 Å². The Hall–Kier alpha value is -0.710. The number of fused-ring (bicyclic) bond motifs is 4. The van der Waals surface area contributed by atoms with Gasteiger partial charge in [-0.2, -0.15) is 0 Å². The van der Waals surface area contributed by atoms with Crippen molar-refractivity contribution in [1.82, 2.24) is 0 Å².